The molecule has 3 aliphatic rings. The molecule has 3 heterocycles. The average Bonchev–Trinajstić information content (AvgIpc) is 3.27. The van der Waals surface area contributed by atoms with Crippen molar-refractivity contribution in [2.75, 3.05) is 43.4 Å². The summed E-state index contributed by atoms with van der Waals surface area (Å²) in [6, 6.07) is 14.1. The minimum atomic E-state index is -0.147. The second kappa shape index (κ2) is 8.45. The van der Waals surface area contributed by atoms with E-state index in [1.54, 1.807) is 0 Å². The predicted octanol–water partition coefficient (Wildman–Crippen LogP) is 3.25. The molecule has 0 aromatic heterocycles. The van der Waals surface area contributed by atoms with Crippen molar-refractivity contribution < 1.29 is 9.63 Å². The summed E-state index contributed by atoms with van der Waals surface area (Å²) in [6.45, 7) is 6.51. The third-order valence-corrected chi connectivity index (χ3v) is 6.26. The number of para-hydroxylation sites is 1. The number of hydrogen-bond donors (Lipinski definition) is 3. The van der Waals surface area contributed by atoms with Crippen LogP contribution >= 0.6 is 15.9 Å². The number of fused-ring (bicyclic) bond motifs is 2. The first-order valence-electron chi connectivity index (χ1n) is 10.5. The van der Waals surface area contributed by atoms with Gasteiger partial charge in [0.15, 0.2) is 0 Å². The standard InChI is InChI=1S/C23H24BrN5O2/c1-14-13-29(9-8-25-14)10-11-31-28-21-16-4-2-3-5-18(16)26-22(21)20-17-12-15(24)6-7-19(17)27-23(20)30/h2-7,12,14,25-26H,8-11,13H2,1H3,(H,27,30)/b22-20-,28-21+. The van der Waals surface area contributed by atoms with Crippen LogP contribution in [0.3, 0.4) is 0 Å². The van der Waals surface area contributed by atoms with Crippen LogP contribution in [-0.4, -0.2) is 55.3 Å². The lowest BCUT2D eigenvalue weighted by molar-refractivity contribution is -0.110. The first-order chi connectivity index (χ1) is 15.1. The molecule has 31 heavy (non-hydrogen) atoms. The highest BCUT2D eigenvalue weighted by Crippen LogP contribution is 2.40. The number of rotatable bonds is 4. The molecular weight excluding hydrogens is 458 g/mol. The van der Waals surface area contributed by atoms with Crippen molar-refractivity contribution in [2.45, 2.75) is 13.0 Å². The van der Waals surface area contributed by atoms with Crippen molar-refractivity contribution in [2.24, 2.45) is 5.16 Å². The van der Waals surface area contributed by atoms with Gasteiger partial charge < -0.3 is 20.8 Å². The highest BCUT2D eigenvalue weighted by Gasteiger charge is 2.34. The van der Waals surface area contributed by atoms with Gasteiger partial charge in [0.2, 0.25) is 0 Å². The topological polar surface area (TPSA) is 78.0 Å². The number of carbonyl (C=O) groups excluding carboxylic acids is 1. The van der Waals surface area contributed by atoms with E-state index in [9.17, 15) is 4.79 Å². The molecular formula is C23H24BrN5O2. The summed E-state index contributed by atoms with van der Waals surface area (Å²) >= 11 is 3.51. The molecule has 0 aliphatic carbocycles. The summed E-state index contributed by atoms with van der Waals surface area (Å²) in [4.78, 5) is 21.0. The van der Waals surface area contributed by atoms with Crippen molar-refractivity contribution in [3.8, 4) is 0 Å². The minimum absolute atomic E-state index is 0.147. The van der Waals surface area contributed by atoms with Crippen LogP contribution in [0.5, 0.6) is 0 Å². The van der Waals surface area contributed by atoms with Crippen LogP contribution in [0.4, 0.5) is 11.4 Å². The minimum Gasteiger partial charge on any atom is -0.394 e. The van der Waals surface area contributed by atoms with E-state index in [4.69, 9.17) is 4.84 Å². The Kier molecular flexibility index (Phi) is 5.52. The Morgan fingerprint density at radius 1 is 1.16 bits per heavy atom. The molecule has 8 heteroatoms. The molecule has 1 fully saturated rings. The van der Waals surface area contributed by atoms with Gasteiger partial charge in [-0.05, 0) is 31.2 Å². The smallest absolute Gasteiger partial charge is 0.258 e. The molecule has 1 saturated heterocycles. The molecule has 0 saturated carbocycles. The highest BCUT2D eigenvalue weighted by molar-refractivity contribution is 9.10. The monoisotopic (exact) mass is 481 g/mol. The largest absolute Gasteiger partial charge is 0.394 e. The average molecular weight is 482 g/mol. The Labute approximate surface area is 189 Å². The fraction of sp³-hybridized carbons (Fsp3) is 0.304. The summed E-state index contributed by atoms with van der Waals surface area (Å²) in [5, 5.41) is 14.3. The van der Waals surface area contributed by atoms with Crippen LogP contribution < -0.4 is 16.0 Å². The molecule has 5 rings (SSSR count). The van der Waals surface area contributed by atoms with E-state index >= 15 is 0 Å². The SMILES string of the molecule is CC1CN(CCO/N=C2/C(=C3/C(=O)Nc4ccc(Br)cc43)Nc3ccccc32)CCN1. The summed E-state index contributed by atoms with van der Waals surface area (Å²) in [6.07, 6.45) is 0. The number of benzene rings is 2. The fourth-order valence-electron chi connectivity index (χ4n) is 4.29. The number of amides is 1. The quantitative estimate of drug-likeness (QED) is 0.355. The van der Waals surface area contributed by atoms with Crippen molar-refractivity contribution in [1.29, 1.82) is 0 Å². The molecule has 1 amide bonds. The summed E-state index contributed by atoms with van der Waals surface area (Å²) in [7, 11) is 0. The van der Waals surface area contributed by atoms with Crippen molar-refractivity contribution in [3.05, 3.63) is 63.8 Å². The summed E-state index contributed by atoms with van der Waals surface area (Å²) in [5.41, 5.74) is 5.38. The van der Waals surface area contributed by atoms with Gasteiger partial charge in [0.25, 0.3) is 5.91 Å². The van der Waals surface area contributed by atoms with Gasteiger partial charge in [-0.1, -0.05) is 39.3 Å². The Hall–Kier alpha value is -2.68. The van der Waals surface area contributed by atoms with E-state index in [-0.39, 0.29) is 5.91 Å². The summed E-state index contributed by atoms with van der Waals surface area (Å²) < 4.78 is 0.913. The van der Waals surface area contributed by atoms with Gasteiger partial charge in [0.1, 0.15) is 12.3 Å². The molecule has 1 atom stereocenters. The fourth-order valence-corrected chi connectivity index (χ4v) is 4.65. The maximum atomic E-state index is 12.9. The lowest BCUT2D eigenvalue weighted by atomic mass is 10.0. The number of anilines is 2. The maximum absolute atomic E-state index is 12.9. The van der Waals surface area contributed by atoms with E-state index < -0.39 is 0 Å². The second-order valence-corrected chi connectivity index (χ2v) is 8.91. The van der Waals surface area contributed by atoms with Crippen LogP contribution in [-0.2, 0) is 9.63 Å². The number of nitrogens with zero attached hydrogens (tertiary/aromatic N) is 2. The number of carbonyl (C=O) groups is 1. The van der Waals surface area contributed by atoms with Gasteiger partial charge in [0, 0.05) is 59.2 Å². The molecule has 0 bridgehead atoms. The predicted molar refractivity (Wildman–Crippen MR) is 126 cm³/mol. The molecule has 2 aromatic carbocycles. The normalized spacial score (nSPS) is 24.0. The van der Waals surface area contributed by atoms with Gasteiger partial charge in [0.05, 0.1) is 11.3 Å². The zero-order valence-electron chi connectivity index (χ0n) is 17.2. The lowest BCUT2D eigenvalue weighted by Gasteiger charge is -2.31. The van der Waals surface area contributed by atoms with Gasteiger partial charge in [-0.25, -0.2) is 0 Å². The molecule has 3 aliphatic heterocycles. The van der Waals surface area contributed by atoms with Crippen LogP contribution in [0, 0.1) is 0 Å². The van der Waals surface area contributed by atoms with Gasteiger partial charge in [-0.15, -0.1) is 0 Å². The first kappa shape index (κ1) is 20.2. The van der Waals surface area contributed by atoms with Crippen molar-refractivity contribution >= 4 is 44.5 Å². The Morgan fingerprint density at radius 2 is 2.00 bits per heavy atom. The molecule has 7 nitrogen and oxygen atoms in total. The Morgan fingerprint density at radius 3 is 2.87 bits per heavy atom. The number of halogens is 1. The number of nitrogens with one attached hydrogen (secondary N) is 3. The highest BCUT2D eigenvalue weighted by atomic mass is 79.9. The van der Waals surface area contributed by atoms with E-state index in [1.165, 1.54) is 0 Å². The third kappa shape index (κ3) is 3.98. The molecule has 1 unspecified atom stereocenters. The number of hydrogen-bond acceptors (Lipinski definition) is 6. The molecule has 2 aromatic rings. The van der Waals surface area contributed by atoms with E-state index in [0.717, 1.165) is 53.2 Å². The zero-order chi connectivity index (χ0) is 21.4. The summed E-state index contributed by atoms with van der Waals surface area (Å²) in [5.74, 6) is -0.147. The van der Waals surface area contributed by atoms with Crippen molar-refractivity contribution in [1.82, 2.24) is 10.2 Å². The third-order valence-electron chi connectivity index (χ3n) is 5.76. The first-order valence-corrected chi connectivity index (χ1v) is 11.3. The van der Waals surface area contributed by atoms with E-state index in [0.29, 0.717) is 29.6 Å². The van der Waals surface area contributed by atoms with Gasteiger partial charge >= 0.3 is 0 Å². The van der Waals surface area contributed by atoms with E-state index in [1.807, 2.05) is 42.5 Å². The van der Waals surface area contributed by atoms with Crippen LogP contribution in [0.1, 0.15) is 18.1 Å². The Balaban J connectivity index is 1.44. The molecule has 160 valence electrons. The maximum Gasteiger partial charge on any atom is 0.258 e. The Bertz CT molecular complexity index is 1100. The van der Waals surface area contributed by atoms with Crippen LogP contribution in [0.15, 0.2) is 57.8 Å². The second-order valence-electron chi connectivity index (χ2n) is 7.99. The molecule has 3 N–H and O–H groups in total. The number of oxime groups is 1. The van der Waals surface area contributed by atoms with Crippen molar-refractivity contribution in [3.63, 3.8) is 0 Å². The van der Waals surface area contributed by atoms with Crippen LogP contribution in [0.2, 0.25) is 0 Å². The zero-order valence-corrected chi connectivity index (χ0v) is 18.8. The van der Waals surface area contributed by atoms with E-state index in [2.05, 4.69) is 48.9 Å². The lowest BCUT2D eigenvalue weighted by Crippen LogP contribution is -2.49. The van der Waals surface area contributed by atoms with Crippen LogP contribution in [0.25, 0.3) is 5.57 Å². The molecule has 0 spiro atoms. The van der Waals surface area contributed by atoms with Gasteiger partial charge in [-0.3, -0.25) is 9.69 Å². The number of allylic oxidation sites excluding steroid dienone is 1. The molecule has 0 radical (unpaired) electrons. The van der Waals surface area contributed by atoms with Gasteiger partial charge in [-0.2, -0.15) is 0 Å². The number of piperazine rings is 1.